The van der Waals surface area contributed by atoms with E-state index in [1.54, 1.807) is 0 Å². The molecule has 0 spiro atoms. The van der Waals surface area contributed by atoms with Gasteiger partial charge in [0.25, 0.3) is 0 Å². The lowest BCUT2D eigenvalue weighted by Crippen LogP contribution is -2.59. The number of rotatable bonds is 1. The number of ether oxygens (including phenoxy) is 1. The SMILES string of the molecule is Br.O=C(O)[C@H]1O[C@@H](O)[C@H](O)[C@@H](O)[C@@H]1O. The molecule has 8 heteroatoms. The minimum absolute atomic E-state index is 0. The van der Waals surface area contributed by atoms with Crippen molar-refractivity contribution in [3.05, 3.63) is 0 Å². The lowest BCUT2D eigenvalue weighted by Gasteiger charge is -2.36. The molecular weight excluding hydrogens is 264 g/mol. The Labute approximate surface area is 89.3 Å². The zero-order valence-corrected chi connectivity index (χ0v) is 8.56. The number of aliphatic hydroxyl groups is 4. The van der Waals surface area contributed by atoms with Crippen LogP contribution in [0.25, 0.3) is 0 Å². The molecule has 0 bridgehead atoms. The summed E-state index contributed by atoms with van der Waals surface area (Å²) in [5.74, 6) is -1.52. The van der Waals surface area contributed by atoms with Crippen molar-refractivity contribution in [3.8, 4) is 0 Å². The number of hydrogen-bond acceptors (Lipinski definition) is 6. The van der Waals surface area contributed by atoms with Crippen molar-refractivity contribution in [2.24, 2.45) is 0 Å². The van der Waals surface area contributed by atoms with Gasteiger partial charge in [0.2, 0.25) is 0 Å². The van der Waals surface area contributed by atoms with E-state index in [1.165, 1.54) is 0 Å². The van der Waals surface area contributed by atoms with Crippen LogP contribution in [0.1, 0.15) is 0 Å². The van der Waals surface area contributed by atoms with Gasteiger partial charge >= 0.3 is 5.97 Å². The van der Waals surface area contributed by atoms with Gasteiger partial charge in [-0.1, -0.05) is 0 Å². The van der Waals surface area contributed by atoms with Gasteiger partial charge < -0.3 is 30.3 Å². The summed E-state index contributed by atoms with van der Waals surface area (Å²) in [4.78, 5) is 10.4. The van der Waals surface area contributed by atoms with Crippen molar-refractivity contribution >= 4 is 23.0 Å². The molecule has 1 heterocycles. The first-order valence-corrected chi connectivity index (χ1v) is 3.55. The van der Waals surface area contributed by atoms with Crippen LogP contribution in [-0.2, 0) is 9.53 Å². The van der Waals surface area contributed by atoms with Gasteiger partial charge in [-0.05, 0) is 0 Å². The summed E-state index contributed by atoms with van der Waals surface area (Å²) in [7, 11) is 0. The number of halogens is 1. The monoisotopic (exact) mass is 274 g/mol. The molecule has 5 atom stereocenters. The number of aliphatic carboxylic acids is 1. The van der Waals surface area contributed by atoms with E-state index in [0.717, 1.165) is 0 Å². The van der Waals surface area contributed by atoms with Crippen LogP contribution in [0.2, 0.25) is 0 Å². The first kappa shape index (κ1) is 13.8. The Balaban J connectivity index is 0.00000169. The van der Waals surface area contributed by atoms with E-state index in [-0.39, 0.29) is 17.0 Å². The molecular formula is C6H11BrO7. The highest BCUT2D eigenvalue weighted by atomic mass is 79.9. The summed E-state index contributed by atoms with van der Waals surface area (Å²) in [5, 5.41) is 44.4. The van der Waals surface area contributed by atoms with Crippen LogP contribution in [0.4, 0.5) is 0 Å². The second-order valence-corrected chi connectivity index (χ2v) is 2.76. The number of carbonyl (C=O) groups is 1. The largest absolute Gasteiger partial charge is 0.479 e. The number of carboxylic acid groups (broad SMARTS) is 1. The van der Waals surface area contributed by atoms with Gasteiger partial charge in [-0.15, -0.1) is 17.0 Å². The number of carboxylic acids is 1. The molecule has 0 aromatic rings. The third-order valence-electron chi connectivity index (χ3n) is 1.83. The molecule has 0 aliphatic carbocycles. The second-order valence-electron chi connectivity index (χ2n) is 2.76. The molecule has 0 amide bonds. The smallest absolute Gasteiger partial charge is 0.335 e. The quantitative estimate of drug-likeness (QED) is 0.356. The van der Waals surface area contributed by atoms with Crippen LogP contribution in [0.3, 0.4) is 0 Å². The van der Waals surface area contributed by atoms with Crippen molar-refractivity contribution in [1.82, 2.24) is 0 Å². The van der Waals surface area contributed by atoms with Crippen molar-refractivity contribution in [2.45, 2.75) is 30.7 Å². The molecule has 0 aromatic carbocycles. The average molecular weight is 275 g/mol. The fourth-order valence-corrected chi connectivity index (χ4v) is 1.07. The molecule has 0 saturated carbocycles. The molecule has 14 heavy (non-hydrogen) atoms. The van der Waals surface area contributed by atoms with Crippen LogP contribution >= 0.6 is 17.0 Å². The summed E-state index contributed by atoms with van der Waals surface area (Å²) in [6.45, 7) is 0. The highest BCUT2D eigenvalue weighted by Gasteiger charge is 2.46. The minimum atomic E-state index is -1.81. The first-order valence-electron chi connectivity index (χ1n) is 3.55. The van der Waals surface area contributed by atoms with Gasteiger partial charge in [-0.2, -0.15) is 0 Å². The van der Waals surface area contributed by atoms with Crippen LogP contribution < -0.4 is 0 Å². The van der Waals surface area contributed by atoms with E-state index in [1.807, 2.05) is 0 Å². The summed E-state index contributed by atoms with van der Waals surface area (Å²) in [6.07, 6.45) is -8.72. The fraction of sp³-hybridized carbons (Fsp3) is 0.833. The maximum absolute atomic E-state index is 10.4. The van der Waals surface area contributed by atoms with Crippen LogP contribution in [0.15, 0.2) is 0 Å². The van der Waals surface area contributed by atoms with E-state index in [2.05, 4.69) is 4.74 Å². The van der Waals surface area contributed by atoms with Gasteiger partial charge in [0, 0.05) is 0 Å². The molecule has 1 aliphatic heterocycles. The zero-order chi connectivity index (χ0) is 10.2. The summed E-state index contributed by atoms with van der Waals surface area (Å²) in [6, 6.07) is 0. The van der Waals surface area contributed by atoms with Gasteiger partial charge in [0.1, 0.15) is 18.3 Å². The fourth-order valence-electron chi connectivity index (χ4n) is 1.07. The molecule has 0 unspecified atom stereocenters. The van der Waals surface area contributed by atoms with Crippen LogP contribution in [0, 0.1) is 0 Å². The standard InChI is InChI=1S/C6H10O7.BrH/c7-1-2(8)4(5(10)11)13-6(12)3(1)9;/h1-4,6-9,12H,(H,10,11);1H/t1-,2-,3+,4-,6+;/m0./s1. The van der Waals surface area contributed by atoms with Gasteiger partial charge in [-0.25, -0.2) is 4.79 Å². The molecule has 1 rings (SSSR count). The Bertz CT molecular complexity index is 210. The van der Waals surface area contributed by atoms with Gasteiger partial charge in [0.05, 0.1) is 0 Å². The van der Waals surface area contributed by atoms with Crippen molar-refractivity contribution < 1.29 is 35.1 Å². The maximum atomic E-state index is 10.4. The average Bonchev–Trinajstić information content (AvgIpc) is 2.07. The third-order valence-corrected chi connectivity index (χ3v) is 1.83. The summed E-state index contributed by atoms with van der Waals surface area (Å²) < 4.78 is 4.34. The predicted molar refractivity (Wildman–Crippen MR) is 46.9 cm³/mol. The first-order chi connectivity index (χ1) is 5.95. The Hall–Kier alpha value is -0.250. The molecule has 5 N–H and O–H groups in total. The molecule has 0 radical (unpaired) electrons. The topological polar surface area (TPSA) is 127 Å². The van der Waals surface area contributed by atoms with E-state index in [9.17, 15) is 4.79 Å². The van der Waals surface area contributed by atoms with Crippen LogP contribution in [-0.4, -0.2) is 62.2 Å². The Morgan fingerprint density at radius 3 is 1.93 bits per heavy atom. The van der Waals surface area contributed by atoms with Gasteiger partial charge in [0.15, 0.2) is 12.4 Å². The molecule has 1 saturated heterocycles. The van der Waals surface area contributed by atoms with Crippen LogP contribution in [0.5, 0.6) is 0 Å². The number of hydrogen-bond donors (Lipinski definition) is 5. The third kappa shape index (κ3) is 2.41. The minimum Gasteiger partial charge on any atom is -0.479 e. The summed E-state index contributed by atoms with van der Waals surface area (Å²) in [5.41, 5.74) is 0. The molecule has 7 nitrogen and oxygen atoms in total. The van der Waals surface area contributed by atoms with Crippen molar-refractivity contribution in [2.75, 3.05) is 0 Å². The highest BCUT2D eigenvalue weighted by Crippen LogP contribution is 2.19. The zero-order valence-electron chi connectivity index (χ0n) is 6.85. The molecule has 1 aliphatic rings. The van der Waals surface area contributed by atoms with Crippen molar-refractivity contribution in [3.63, 3.8) is 0 Å². The lowest BCUT2D eigenvalue weighted by molar-refractivity contribution is -0.279. The lowest BCUT2D eigenvalue weighted by atomic mass is 9.99. The Morgan fingerprint density at radius 1 is 1.00 bits per heavy atom. The molecule has 1 fully saturated rings. The maximum Gasteiger partial charge on any atom is 0.335 e. The predicted octanol–water partition coefficient (Wildman–Crippen LogP) is -2.55. The van der Waals surface area contributed by atoms with Gasteiger partial charge in [-0.3, -0.25) is 0 Å². The van der Waals surface area contributed by atoms with E-state index >= 15 is 0 Å². The summed E-state index contributed by atoms with van der Waals surface area (Å²) >= 11 is 0. The highest BCUT2D eigenvalue weighted by molar-refractivity contribution is 8.93. The Morgan fingerprint density at radius 2 is 1.50 bits per heavy atom. The molecule has 84 valence electrons. The normalized spacial score (nSPS) is 42.7. The van der Waals surface area contributed by atoms with E-state index in [0.29, 0.717) is 0 Å². The second kappa shape index (κ2) is 5.01. The van der Waals surface area contributed by atoms with E-state index < -0.39 is 36.7 Å². The number of aliphatic hydroxyl groups excluding tert-OH is 4. The Kier molecular flexibility index (Phi) is 4.92. The van der Waals surface area contributed by atoms with E-state index in [4.69, 9.17) is 25.5 Å². The van der Waals surface area contributed by atoms with Crippen molar-refractivity contribution in [1.29, 1.82) is 0 Å². The molecule has 0 aromatic heterocycles.